The van der Waals surface area contributed by atoms with Crippen molar-refractivity contribution < 1.29 is 0 Å². The van der Waals surface area contributed by atoms with E-state index < -0.39 is 0 Å². The van der Waals surface area contributed by atoms with Crippen LogP contribution in [0.5, 0.6) is 0 Å². The Morgan fingerprint density at radius 1 is 0.309 bits per heavy atom. The summed E-state index contributed by atoms with van der Waals surface area (Å²) in [4.78, 5) is 10.4. The molecule has 0 N–H and O–H groups in total. The molecule has 260 valence electrons. The maximum atomic E-state index is 5.24. The molecule has 0 fully saturated rings. The van der Waals surface area contributed by atoms with Crippen molar-refractivity contribution >= 4 is 10.8 Å². The molecule has 1 aromatic heterocycles. The van der Waals surface area contributed by atoms with Crippen LogP contribution in [0.2, 0.25) is 0 Å². The number of fused-ring (bicyclic) bond motifs is 4. The van der Waals surface area contributed by atoms with Crippen molar-refractivity contribution in [2.45, 2.75) is 19.3 Å². The second-order valence-corrected chi connectivity index (χ2v) is 15.0. The molecule has 9 aromatic rings. The summed E-state index contributed by atoms with van der Waals surface area (Å²) in [7, 11) is 0. The third-order valence-corrected chi connectivity index (χ3v) is 11.4. The van der Waals surface area contributed by atoms with Crippen LogP contribution in [0, 0.1) is 0 Å². The normalized spacial score (nSPS) is 12.7. The van der Waals surface area contributed by atoms with Crippen LogP contribution in [0.1, 0.15) is 25.0 Å². The molecule has 0 amide bonds. The molecular formula is C53H38N2. The Morgan fingerprint density at radius 2 is 0.782 bits per heavy atom. The highest BCUT2D eigenvalue weighted by Gasteiger charge is 2.35. The molecule has 1 aliphatic carbocycles. The fourth-order valence-corrected chi connectivity index (χ4v) is 8.52. The van der Waals surface area contributed by atoms with Crippen molar-refractivity contribution in [1.29, 1.82) is 0 Å². The van der Waals surface area contributed by atoms with Crippen LogP contribution >= 0.6 is 0 Å². The number of rotatable bonds is 6. The Labute approximate surface area is 322 Å². The van der Waals surface area contributed by atoms with Gasteiger partial charge in [0.15, 0.2) is 5.82 Å². The van der Waals surface area contributed by atoms with E-state index >= 15 is 0 Å². The highest BCUT2D eigenvalue weighted by atomic mass is 14.9. The monoisotopic (exact) mass is 702 g/mol. The van der Waals surface area contributed by atoms with Gasteiger partial charge in [0.05, 0.1) is 11.4 Å². The minimum absolute atomic E-state index is 0.0277. The van der Waals surface area contributed by atoms with Crippen LogP contribution < -0.4 is 0 Å². The van der Waals surface area contributed by atoms with Gasteiger partial charge in [-0.25, -0.2) is 9.97 Å². The van der Waals surface area contributed by atoms with Gasteiger partial charge < -0.3 is 0 Å². The van der Waals surface area contributed by atoms with Crippen molar-refractivity contribution in [2.24, 2.45) is 0 Å². The van der Waals surface area contributed by atoms with E-state index in [9.17, 15) is 0 Å². The van der Waals surface area contributed by atoms with E-state index in [-0.39, 0.29) is 5.41 Å². The van der Waals surface area contributed by atoms with Gasteiger partial charge in [-0.15, -0.1) is 0 Å². The molecule has 0 spiro atoms. The maximum absolute atomic E-state index is 5.24. The van der Waals surface area contributed by atoms with Crippen molar-refractivity contribution in [3.8, 4) is 78.4 Å². The summed E-state index contributed by atoms with van der Waals surface area (Å²) in [6, 6.07) is 69.5. The molecule has 0 radical (unpaired) electrons. The first kappa shape index (κ1) is 32.7. The SMILES string of the molecule is CC1(C)c2ccccc2-c2ccc(-c3ccc(-c4ccc(-c5cc(-c6ccccc6-c6ccccc6)nc(-c6ccccc6)n5)c5ccccc45)cc3)cc21. The first-order valence-corrected chi connectivity index (χ1v) is 19.0. The van der Waals surface area contributed by atoms with Crippen LogP contribution in [-0.2, 0) is 5.41 Å². The summed E-state index contributed by atoms with van der Waals surface area (Å²) < 4.78 is 0. The van der Waals surface area contributed by atoms with E-state index in [1.165, 1.54) is 49.9 Å². The third-order valence-electron chi connectivity index (χ3n) is 11.4. The summed E-state index contributed by atoms with van der Waals surface area (Å²) >= 11 is 0. The topological polar surface area (TPSA) is 25.8 Å². The number of benzene rings is 8. The third kappa shape index (κ3) is 5.66. The number of hydrogen-bond acceptors (Lipinski definition) is 2. The van der Waals surface area contributed by atoms with Gasteiger partial charge in [-0.05, 0) is 78.5 Å². The summed E-state index contributed by atoms with van der Waals surface area (Å²) in [6.45, 7) is 4.68. The van der Waals surface area contributed by atoms with Gasteiger partial charge in [0.25, 0.3) is 0 Å². The van der Waals surface area contributed by atoms with E-state index in [2.05, 4.69) is 190 Å². The van der Waals surface area contributed by atoms with Gasteiger partial charge in [0.2, 0.25) is 0 Å². The van der Waals surface area contributed by atoms with Crippen LogP contribution in [-0.4, -0.2) is 9.97 Å². The first-order chi connectivity index (χ1) is 27.0. The Balaban J connectivity index is 1.06. The number of nitrogens with zero attached hydrogens (tertiary/aromatic N) is 2. The molecular weight excluding hydrogens is 665 g/mol. The van der Waals surface area contributed by atoms with E-state index in [0.29, 0.717) is 5.82 Å². The molecule has 0 atom stereocenters. The predicted molar refractivity (Wildman–Crippen MR) is 230 cm³/mol. The van der Waals surface area contributed by atoms with Gasteiger partial charge in [0, 0.05) is 22.1 Å². The van der Waals surface area contributed by atoms with E-state index in [1.54, 1.807) is 0 Å². The van der Waals surface area contributed by atoms with Crippen LogP contribution in [0.15, 0.2) is 194 Å². The van der Waals surface area contributed by atoms with Gasteiger partial charge >= 0.3 is 0 Å². The fourth-order valence-electron chi connectivity index (χ4n) is 8.52. The molecule has 0 aliphatic heterocycles. The highest BCUT2D eigenvalue weighted by Crippen LogP contribution is 2.49. The summed E-state index contributed by atoms with van der Waals surface area (Å²) in [6.07, 6.45) is 0. The van der Waals surface area contributed by atoms with Crippen LogP contribution in [0.4, 0.5) is 0 Å². The van der Waals surface area contributed by atoms with E-state index in [0.717, 1.165) is 44.6 Å². The minimum Gasteiger partial charge on any atom is -0.228 e. The van der Waals surface area contributed by atoms with Gasteiger partial charge in [-0.1, -0.05) is 196 Å². The molecule has 2 nitrogen and oxygen atoms in total. The Bertz CT molecular complexity index is 2870. The zero-order valence-corrected chi connectivity index (χ0v) is 30.9. The minimum atomic E-state index is -0.0277. The number of hydrogen-bond donors (Lipinski definition) is 0. The fraction of sp³-hybridized carbons (Fsp3) is 0.0566. The van der Waals surface area contributed by atoms with Crippen molar-refractivity contribution in [1.82, 2.24) is 9.97 Å². The molecule has 8 aromatic carbocycles. The molecule has 10 rings (SSSR count). The molecule has 1 aliphatic rings. The lowest BCUT2D eigenvalue weighted by Gasteiger charge is -2.22. The molecule has 55 heavy (non-hydrogen) atoms. The van der Waals surface area contributed by atoms with Gasteiger partial charge in [0.1, 0.15) is 0 Å². The number of aromatic nitrogens is 2. The lowest BCUT2D eigenvalue weighted by molar-refractivity contribution is 0.660. The molecule has 0 saturated heterocycles. The summed E-state index contributed by atoms with van der Waals surface area (Å²) in [5, 5.41) is 2.35. The second-order valence-electron chi connectivity index (χ2n) is 15.0. The van der Waals surface area contributed by atoms with E-state index in [1.807, 2.05) is 18.2 Å². The second kappa shape index (κ2) is 13.2. The molecule has 2 heteroatoms. The molecule has 0 bridgehead atoms. The maximum Gasteiger partial charge on any atom is 0.160 e. The average Bonchev–Trinajstić information content (AvgIpc) is 3.49. The van der Waals surface area contributed by atoms with Gasteiger partial charge in [-0.2, -0.15) is 0 Å². The lowest BCUT2D eigenvalue weighted by atomic mass is 9.81. The molecule has 0 unspecified atom stereocenters. The predicted octanol–water partition coefficient (Wildman–Crippen LogP) is 13.9. The quantitative estimate of drug-likeness (QED) is 0.172. The van der Waals surface area contributed by atoms with Crippen LogP contribution in [0.25, 0.3) is 89.2 Å². The van der Waals surface area contributed by atoms with Crippen LogP contribution in [0.3, 0.4) is 0 Å². The highest BCUT2D eigenvalue weighted by molar-refractivity contribution is 6.05. The van der Waals surface area contributed by atoms with Gasteiger partial charge in [-0.3, -0.25) is 0 Å². The Kier molecular flexibility index (Phi) is 7.85. The zero-order valence-electron chi connectivity index (χ0n) is 30.9. The lowest BCUT2D eigenvalue weighted by Crippen LogP contribution is -2.14. The Hall–Kier alpha value is -6.90. The van der Waals surface area contributed by atoms with E-state index in [4.69, 9.17) is 9.97 Å². The summed E-state index contributed by atoms with van der Waals surface area (Å²) in [5.41, 5.74) is 17.5. The van der Waals surface area contributed by atoms with Crippen molar-refractivity contribution in [3.63, 3.8) is 0 Å². The molecule has 0 saturated carbocycles. The largest absolute Gasteiger partial charge is 0.228 e. The summed E-state index contributed by atoms with van der Waals surface area (Å²) in [5.74, 6) is 0.707. The standard InChI is InChI=1S/C53H38N2/c1-53(2)48-24-14-13-22-44(48)45-30-29-39(33-49(45)53)35-25-27-37(28-26-35)41-31-32-47(43-21-11-10-20-42(41)43)51-34-50(54-52(55-51)38-17-7-4-8-18-38)46-23-12-9-19-40(46)36-15-5-3-6-16-36/h3-34H,1-2H3. The zero-order chi connectivity index (χ0) is 36.9. The van der Waals surface area contributed by atoms with Crippen molar-refractivity contribution in [3.05, 3.63) is 205 Å². The first-order valence-electron chi connectivity index (χ1n) is 19.0. The molecule has 1 heterocycles. The Morgan fingerprint density at radius 3 is 1.51 bits per heavy atom. The van der Waals surface area contributed by atoms with Crippen molar-refractivity contribution in [2.75, 3.05) is 0 Å². The smallest absolute Gasteiger partial charge is 0.160 e. The average molecular weight is 703 g/mol.